The maximum atomic E-state index is 3.76. The summed E-state index contributed by atoms with van der Waals surface area (Å²) < 4.78 is 0. The van der Waals surface area contributed by atoms with Crippen molar-refractivity contribution in [1.82, 2.24) is 10.2 Å². The van der Waals surface area contributed by atoms with Gasteiger partial charge in [0.1, 0.15) is 0 Å². The average Bonchev–Trinajstić information content (AvgIpc) is 2.49. The molecule has 0 aliphatic carbocycles. The largest absolute Gasteiger partial charge is 0.311 e. The molecule has 0 radical (unpaired) electrons. The van der Waals surface area contributed by atoms with E-state index >= 15 is 0 Å². The average molecular weight is 307 g/mol. The van der Waals surface area contributed by atoms with E-state index in [-0.39, 0.29) is 0 Å². The third kappa shape index (κ3) is 5.01. The van der Waals surface area contributed by atoms with Crippen molar-refractivity contribution in [3.8, 4) is 0 Å². The number of thioether (sulfide) groups is 1. The molecule has 0 amide bonds. The normalized spacial score (nSPS) is 24.9. The van der Waals surface area contributed by atoms with Crippen molar-refractivity contribution in [3.05, 3.63) is 35.9 Å². The molecule has 1 saturated heterocycles. The molecule has 2 rings (SSSR count). The first-order valence-electron chi connectivity index (χ1n) is 8.25. The van der Waals surface area contributed by atoms with Crippen LogP contribution in [0.4, 0.5) is 0 Å². The fourth-order valence-electron chi connectivity index (χ4n) is 3.37. The van der Waals surface area contributed by atoms with Crippen LogP contribution in [-0.2, 0) is 0 Å². The molecule has 21 heavy (non-hydrogen) atoms. The highest BCUT2D eigenvalue weighted by molar-refractivity contribution is 7.98. The van der Waals surface area contributed by atoms with Crippen molar-refractivity contribution in [2.24, 2.45) is 5.92 Å². The summed E-state index contributed by atoms with van der Waals surface area (Å²) in [4.78, 5) is 2.72. The molecule has 3 heteroatoms. The zero-order valence-corrected chi connectivity index (χ0v) is 14.5. The lowest BCUT2D eigenvalue weighted by Crippen LogP contribution is -2.53. The van der Waals surface area contributed by atoms with E-state index in [9.17, 15) is 0 Å². The highest BCUT2D eigenvalue weighted by Crippen LogP contribution is 2.26. The van der Waals surface area contributed by atoms with Crippen LogP contribution in [-0.4, -0.2) is 42.6 Å². The Balaban J connectivity index is 2.06. The Morgan fingerprint density at radius 1 is 1.33 bits per heavy atom. The lowest BCUT2D eigenvalue weighted by molar-refractivity contribution is 0.113. The summed E-state index contributed by atoms with van der Waals surface area (Å²) >= 11 is 1.96. The maximum Gasteiger partial charge on any atom is 0.0473 e. The number of benzene rings is 1. The van der Waals surface area contributed by atoms with E-state index in [0.29, 0.717) is 12.1 Å². The van der Waals surface area contributed by atoms with Gasteiger partial charge < -0.3 is 5.32 Å². The van der Waals surface area contributed by atoms with E-state index < -0.39 is 0 Å². The molecule has 1 aliphatic heterocycles. The topological polar surface area (TPSA) is 15.3 Å². The van der Waals surface area contributed by atoms with Gasteiger partial charge in [0.15, 0.2) is 0 Å². The standard InChI is InChI=1S/C18H30N2S/c1-4-8-17-13-20(12-15(2)14-21-3)18(11-19-17)16-9-6-5-7-10-16/h5-7,9-10,15,17-19H,4,8,11-14H2,1-3H3. The van der Waals surface area contributed by atoms with Gasteiger partial charge in [-0.2, -0.15) is 11.8 Å². The lowest BCUT2D eigenvalue weighted by Gasteiger charge is -2.42. The van der Waals surface area contributed by atoms with E-state index in [4.69, 9.17) is 0 Å². The van der Waals surface area contributed by atoms with Crippen molar-refractivity contribution in [2.45, 2.75) is 38.8 Å². The van der Waals surface area contributed by atoms with Crippen molar-refractivity contribution < 1.29 is 0 Å². The Bertz CT molecular complexity index is 393. The van der Waals surface area contributed by atoms with Crippen LogP contribution >= 0.6 is 11.8 Å². The first kappa shape index (κ1) is 16.9. The number of piperazine rings is 1. The minimum absolute atomic E-state index is 0.531. The maximum absolute atomic E-state index is 3.76. The van der Waals surface area contributed by atoms with Crippen molar-refractivity contribution in [2.75, 3.05) is 31.6 Å². The van der Waals surface area contributed by atoms with Gasteiger partial charge >= 0.3 is 0 Å². The number of hydrogen-bond acceptors (Lipinski definition) is 3. The molecule has 2 nitrogen and oxygen atoms in total. The number of nitrogens with zero attached hydrogens (tertiary/aromatic N) is 1. The summed E-state index contributed by atoms with van der Waals surface area (Å²) in [7, 11) is 0. The van der Waals surface area contributed by atoms with E-state index in [2.05, 4.69) is 60.7 Å². The van der Waals surface area contributed by atoms with Crippen molar-refractivity contribution in [1.29, 1.82) is 0 Å². The smallest absolute Gasteiger partial charge is 0.0473 e. The third-order valence-electron chi connectivity index (χ3n) is 4.31. The Morgan fingerprint density at radius 2 is 2.10 bits per heavy atom. The van der Waals surface area contributed by atoms with Crippen LogP contribution in [0.3, 0.4) is 0 Å². The first-order chi connectivity index (χ1) is 10.2. The molecule has 1 aromatic rings. The number of nitrogens with one attached hydrogen (secondary N) is 1. The second-order valence-corrected chi connectivity index (χ2v) is 7.25. The Morgan fingerprint density at radius 3 is 2.76 bits per heavy atom. The zero-order chi connectivity index (χ0) is 15.1. The van der Waals surface area contributed by atoms with Gasteiger partial charge in [-0.3, -0.25) is 4.90 Å². The molecule has 0 aromatic heterocycles. The van der Waals surface area contributed by atoms with Crippen molar-refractivity contribution in [3.63, 3.8) is 0 Å². The summed E-state index contributed by atoms with van der Waals surface area (Å²) in [5.74, 6) is 2.01. The Hall–Kier alpha value is -0.510. The number of hydrogen-bond donors (Lipinski definition) is 1. The molecule has 3 atom stereocenters. The fourth-order valence-corrected chi connectivity index (χ4v) is 4.04. The van der Waals surface area contributed by atoms with Crippen LogP contribution < -0.4 is 5.32 Å². The molecule has 3 unspecified atom stereocenters. The molecule has 1 aromatic carbocycles. The highest BCUT2D eigenvalue weighted by atomic mass is 32.2. The molecular formula is C18H30N2S. The molecule has 0 saturated carbocycles. The monoisotopic (exact) mass is 306 g/mol. The van der Waals surface area contributed by atoms with Gasteiger partial charge in [-0.1, -0.05) is 50.6 Å². The van der Waals surface area contributed by atoms with Crippen molar-refractivity contribution >= 4 is 11.8 Å². The van der Waals surface area contributed by atoms with Crippen LogP contribution in [0.1, 0.15) is 38.3 Å². The molecule has 118 valence electrons. The Labute approximate surface area is 134 Å². The predicted molar refractivity (Wildman–Crippen MR) is 95.0 cm³/mol. The highest BCUT2D eigenvalue weighted by Gasteiger charge is 2.29. The summed E-state index contributed by atoms with van der Waals surface area (Å²) in [6.07, 6.45) is 4.76. The third-order valence-corrected chi connectivity index (χ3v) is 5.22. The summed E-state index contributed by atoms with van der Waals surface area (Å²) in [5, 5.41) is 3.76. The van der Waals surface area contributed by atoms with Gasteiger partial charge in [0, 0.05) is 31.7 Å². The second kappa shape index (κ2) is 8.82. The van der Waals surface area contributed by atoms with E-state index in [0.717, 1.165) is 12.5 Å². The van der Waals surface area contributed by atoms with E-state index in [1.54, 1.807) is 0 Å². The predicted octanol–water partition coefficient (Wildman–Crippen LogP) is 3.80. The quantitative estimate of drug-likeness (QED) is 0.825. The molecular weight excluding hydrogens is 276 g/mol. The van der Waals surface area contributed by atoms with Crippen LogP contribution in [0.2, 0.25) is 0 Å². The van der Waals surface area contributed by atoms with Gasteiger partial charge in [-0.25, -0.2) is 0 Å². The molecule has 1 fully saturated rings. The Kier molecular flexibility index (Phi) is 7.08. The minimum Gasteiger partial charge on any atom is -0.311 e. The van der Waals surface area contributed by atoms with Crippen LogP contribution in [0.25, 0.3) is 0 Å². The fraction of sp³-hybridized carbons (Fsp3) is 0.667. The van der Waals surface area contributed by atoms with Gasteiger partial charge in [0.05, 0.1) is 0 Å². The summed E-state index contributed by atoms with van der Waals surface area (Å²) in [5.41, 5.74) is 1.45. The lowest BCUT2D eigenvalue weighted by atomic mass is 9.98. The molecule has 0 spiro atoms. The van der Waals surface area contributed by atoms with Crippen LogP contribution in [0, 0.1) is 5.92 Å². The van der Waals surface area contributed by atoms with Gasteiger partial charge in [-0.05, 0) is 29.9 Å². The van der Waals surface area contributed by atoms with E-state index in [1.165, 1.54) is 37.2 Å². The van der Waals surface area contributed by atoms with Crippen LogP contribution in [0.15, 0.2) is 30.3 Å². The number of rotatable bonds is 7. The van der Waals surface area contributed by atoms with Gasteiger partial charge in [0.25, 0.3) is 0 Å². The van der Waals surface area contributed by atoms with Crippen LogP contribution in [0.5, 0.6) is 0 Å². The second-order valence-electron chi connectivity index (χ2n) is 6.33. The van der Waals surface area contributed by atoms with Gasteiger partial charge in [-0.15, -0.1) is 0 Å². The molecule has 1 N–H and O–H groups in total. The van der Waals surface area contributed by atoms with Gasteiger partial charge in [0.2, 0.25) is 0 Å². The minimum atomic E-state index is 0.531. The molecule has 1 heterocycles. The zero-order valence-electron chi connectivity index (χ0n) is 13.7. The summed E-state index contributed by atoms with van der Waals surface area (Å²) in [6.45, 7) is 8.15. The summed E-state index contributed by atoms with van der Waals surface area (Å²) in [6, 6.07) is 12.2. The van der Waals surface area contributed by atoms with E-state index in [1.807, 2.05) is 11.8 Å². The SMILES string of the molecule is CCCC1CN(CC(C)CSC)C(c2ccccc2)CN1. The molecule has 0 bridgehead atoms. The first-order valence-corrected chi connectivity index (χ1v) is 9.65. The molecule has 1 aliphatic rings.